The summed E-state index contributed by atoms with van der Waals surface area (Å²) in [7, 11) is 3.29. The van der Waals surface area contributed by atoms with Crippen molar-refractivity contribution in [1.82, 2.24) is 4.98 Å². The lowest BCUT2D eigenvalue weighted by Gasteiger charge is -2.09. The van der Waals surface area contributed by atoms with E-state index in [1.54, 1.807) is 43.9 Å². The highest BCUT2D eigenvalue weighted by Gasteiger charge is 2.17. The molecule has 0 fully saturated rings. The van der Waals surface area contributed by atoms with Crippen LogP contribution in [-0.4, -0.2) is 25.5 Å². The Kier molecular flexibility index (Phi) is 4.95. The number of hydrogen-bond donors (Lipinski definition) is 0. The highest BCUT2D eigenvalue weighted by molar-refractivity contribution is 7.22. The number of rotatable bonds is 6. The van der Waals surface area contributed by atoms with Gasteiger partial charge in [-0.1, -0.05) is 0 Å². The first kappa shape index (κ1) is 18.0. The molecule has 2 aromatic carbocycles. The maximum Gasteiger partial charge on any atom is 0.168 e. The van der Waals surface area contributed by atoms with Crippen molar-refractivity contribution < 1.29 is 19.0 Å². The molecule has 0 aliphatic carbocycles. The molecule has 2 aromatic heterocycles. The highest BCUT2D eigenvalue weighted by Crippen LogP contribution is 2.47. The van der Waals surface area contributed by atoms with E-state index in [-0.39, 0.29) is 0 Å². The number of fused-ring (bicyclic) bond motifs is 1. The molecule has 140 valence electrons. The molecule has 28 heavy (non-hydrogen) atoms. The van der Waals surface area contributed by atoms with Crippen LogP contribution in [0.5, 0.6) is 23.0 Å². The SMILES string of the molecule is COc1ccc(-c2sc3cc(OC)ccc3c2Oc2ccc(C=O)nc2)cc1. The van der Waals surface area contributed by atoms with Crippen LogP contribution in [0.4, 0.5) is 0 Å². The minimum Gasteiger partial charge on any atom is -0.497 e. The summed E-state index contributed by atoms with van der Waals surface area (Å²) in [4.78, 5) is 15.9. The number of thiophene rings is 1. The number of aromatic nitrogens is 1. The molecule has 0 N–H and O–H groups in total. The van der Waals surface area contributed by atoms with Gasteiger partial charge in [0.15, 0.2) is 12.0 Å². The summed E-state index contributed by atoms with van der Waals surface area (Å²) in [5.74, 6) is 2.89. The van der Waals surface area contributed by atoms with Crippen molar-refractivity contribution in [1.29, 1.82) is 0 Å². The lowest BCUT2D eigenvalue weighted by molar-refractivity contribution is 0.111. The summed E-state index contributed by atoms with van der Waals surface area (Å²) < 4.78 is 17.9. The van der Waals surface area contributed by atoms with Crippen LogP contribution in [0.15, 0.2) is 60.8 Å². The standard InChI is InChI=1S/C22H17NO4S/c1-25-16-6-3-14(4-7-16)22-21(27-18-8-5-15(13-24)23-12-18)19-10-9-17(26-2)11-20(19)28-22/h3-13H,1-2H3. The van der Waals surface area contributed by atoms with Gasteiger partial charge in [-0.2, -0.15) is 0 Å². The zero-order valence-electron chi connectivity index (χ0n) is 15.3. The summed E-state index contributed by atoms with van der Waals surface area (Å²) in [5.41, 5.74) is 1.39. The quantitative estimate of drug-likeness (QED) is 0.401. The van der Waals surface area contributed by atoms with Gasteiger partial charge in [0.25, 0.3) is 0 Å². The van der Waals surface area contributed by atoms with Crippen molar-refractivity contribution in [2.75, 3.05) is 14.2 Å². The number of carbonyl (C=O) groups excluding carboxylic acids is 1. The molecule has 2 heterocycles. The Labute approximate surface area is 166 Å². The van der Waals surface area contributed by atoms with Gasteiger partial charge < -0.3 is 14.2 Å². The van der Waals surface area contributed by atoms with Crippen molar-refractivity contribution in [3.63, 3.8) is 0 Å². The number of ether oxygens (including phenoxy) is 3. The number of nitrogens with zero attached hydrogens (tertiary/aromatic N) is 1. The number of hydrogen-bond acceptors (Lipinski definition) is 6. The molecule has 0 aliphatic heterocycles. The van der Waals surface area contributed by atoms with E-state index in [1.165, 1.54) is 0 Å². The summed E-state index contributed by atoms with van der Waals surface area (Å²) in [5, 5.41) is 0.982. The lowest BCUT2D eigenvalue weighted by atomic mass is 10.1. The van der Waals surface area contributed by atoms with Gasteiger partial charge in [0, 0.05) is 10.1 Å². The second-order valence-electron chi connectivity index (χ2n) is 5.99. The summed E-state index contributed by atoms with van der Waals surface area (Å²) in [6, 6.07) is 17.1. The second-order valence-corrected chi connectivity index (χ2v) is 7.04. The first-order chi connectivity index (χ1) is 13.7. The molecule has 0 saturated heterocycles. The van der Waals surface area contributed by atoms with Gasteiger partial charge in [0.05, 0.1) is 25.3 Å². The van der Waals surface area contributed by atoms with Crippen LogP contribution < -0.4 is 14.2 Å². The smallest absolute Gasteiger partial charge is 0.168 e. The highest BCUT2D eigenvalue weighted by atomic mass is 32.1. The second kappa shape index (κ2) is 7.70. The van der Waals surface area contributed by atoms with Crippen molar-refractivity contribution in [3.05, 3.63) is 66.5 Å². The van der Waals surface area contributed by atoms with Crippen molar-refractivity contribution >= 4 is 27.7 Å². The van der Waals surface area contributed by atoms with Gasteiger partial charge in [-0.15, -0.1) is 11.3 Å². The molecule has 4 rings (SSSR count). The van der Waals surface area contributed by atoms with Crippen LogP contribution in [-0.2, 0) is 0 Å². The first-order valence-corrected chi connectivity index (χ1v) is 9.37. The number of benzene rings is 2. The number of methoxy groups -OCH3 is 2. The van der Waals surface area contributed by atoms with Crippen molar-refractivity contribution in [2.45, 2.75) is 0 Å². The normalized spacial score (nSPS) is 10.6. The van der Waals surface area contributed by atoms with E-state index in [2.05, 4.69) is 4.98 Å². The van der Waals surface area contributed by atoms with Gasteiger partial charge in [-0.25, -0.2) is 4.98 Å². The molecule has 0 unspecified atom stereocenters. The summed E-state index contributed by atoms with van der Waals surface area (Å²) >= 11 is 1.62. The maximum atomic E-state index is 10.8. The van der Waals surface area contributed by atoms with Gasteiger partial charge in [-0.05, 0) is 60.2 Å². The molecular formula is C22H17NO4S. The van der Waals surface area contributed by atoms with Gasteiger partial charge >= 0.3 is 0 Å². The van der Waals surface area contributed by atoms with Crippen LogP contribution in [0.1, 0.15) is 10.5 Å². The predicted molar refractivity (Wildman–Crippen MR) is 110 cm³/mol. The molecule has 0 saturated carbocycles. The van der Waals surface area contributed by atoms with E-state index in [4.69, 9.17) is 14.2 Å². The molecule has 0 atom stereocenters. The van der Waals surface area contributed by atoms with Gasteiger partial charge in [0.1, 0.15) is 22.9 Å². The molecule has 0 radical (unpaired) electrons. The summed E-state index contributed by atoms with van der Waals surface area (Å²) in [6.07, 6.45) is 2.26. The van der Waals surface area contributed by atoms with E-state index in [0.717, 1.165) is 37.8 Å². The van der Waals surface area contributed by atoms with Crippen LogP contribution >= 0.6 is 11.3 Å². The largest absolute Gasteiger partial charge is 0.497 e. The van der Waals surface area contributed by atoms with Gasteiger partial charge in [0.2, 0.25) is 0 Å². The zero-order valence-corrected chi connectivity index (χ0v) is 16.2. The molecule has 0 spiro atoms. The van der Waals surface area contributed by atoms with E-state index >= 15 is 0 Å². The Morgan fingerprint density at radius 1 is 0.893 bits per heavy atom. The monoisotopic (exact) mass is 391 g/mol. The Morgan fingerprint density at radius 3 is 2.25 bits per heavy atom. The minimum absolute atomic E-state index is 0.364. The third-order valence-corrected chi connectivity index (χ3v) is 5.49. The molecule has 0 aliphatic rings. The molecular weight excluding hydrogens is 374 g/mol. The molecule has 4 aromatic rings. The van der Waals surface area contributed by atoms with Crippen LogP contribution in [0.2, 0.25) is 0 Å². The fourth-order valence-electron chi connectivity index (χ4n) is 2.85. The molecule has 5 nitrogen and oxygen atoms in total. The predicted octanol–water partition coefficient (Wildman–Crippen LogP) is 5.59. The van der Waals surface area contributed by atoms with E-state index in [1.807, 2.05) is 42.5 Å². The van der Waals surface area contributed by atoms with Crippen molar-refractivity contribution in [2.24, 2.45) is 0 Å². The number of aldehydes is 1. The van der Waals surface area contributed by atoms with Crippen LogP contribution in [0.3, 0.4) is 0 Å². The third kappa shape index (κ3) is 3.42. The zero-order chi connectivity index (χ0) is 19.5. The fourth-order valence-corrected chi connectivity index (χ4v) is 4.02. The number of carbonyl (C=O) groups is 1. The summed E-state index contributed by atoms with van der Waals surface area (Å²) in [6.45, 7) is 0. The average molecular weight is 391 g/mol. The lowest BCUT2D eigenvalue weighted by Crippen LogP contribution is -1.90. The van der Waals surface area contributed by atoms with E-state index in [0.29, 0.717) is 17.7 Å². The Morgan fingerprint density at radius 2 is 1.61 bits per heavy atom. The maximum absolute atomic E-state index is 10.8. The third-order valence-electron chi connectivity index (χ3n) is 4.30. The van der Waals surface area contributed by atoms with Crippen LogP contribution in [0, 0.1) is 0 Å². The average Bonchev–Trinajstić information content (AvgIpc) is 3.11. The Balaban J connectivity index is 1.83. The number of pyridine rings is 1. The molecule has 6 heteroatoms. The Bertz CT molecular complexity index is 1120. The topological polar surface area (TPSA) is 57.7 Å². The van der Waals surface area contributed by atoms with E-state index < -0.39 is 0 Å². The fraction of sp³-hybridized carbons (Fsp3) is 0.0909. The molecule has 0 amide bonds. The Hall–Kier alpha value is -3.38. The first-order valence-electron chi connectivity index (χ1n) is 8.56. The van der Waals surface area contributed by atoms with Gasteiger partial charge in [-0.3, -0.25) is 4.79 Å². The van der Waals surface area contributed by atoms with E-state index in [9.17, 15) is 4.79 Å². The van der Waals surface area contributed by atoms with Crippen molar-refractivity contribution in [3.8, 4) is 33.4 Å². The minimum atomic E-state index is 0.364. The van der Waals surface area contributed by atoms with Crippen LogP contribution in [0.25, 0.3) is 20.5 Å². The molecule has 0 bridgehead atoms.